The van der Waals surface area contributed by atoms with E-state index in [1.54, 1.807) is 0 Å². The van der Waals surface area contributed by atoms with Crippen LogP contribution >= 0.6 is 0 Å². The number of aliphatic hydroxyl groups excluding tert-OH is 1. The standard InChI is InChI=1S/C20H34N2O2/c1-16-12-19(13-16)6-10-22(11-7-19)18(24)17-2-8-21(9-3-17)14-20(15-23)4-5-20/h16-17,23H,2-15H2,1H3. The van der Waals surface area contributed by atoms with Gasteiger partial charge in [0.05, 0.1) is 0 Å². The van der Waals surface area contributed by atoms with Crippen LogP contribution in [-0.4, -0.2) is 60.1 Å². The Kier molecular flexibility index (Phi) is 4.41. The first-order valence-electron chi connectivity index (χ1n) is 10.2. The molecule has 0 aromatic carbocycles. The van der Waals surface area contributed by atoms with Crippen LogP contribution in [0.1, 0.15) is 58.3 Å². The molecule has 4 rings (SSSR count). The van der Waals surface area contributed by atoms with Crippen molar-refractivity contribution in [3.05, 3.63) is 0 Å². The summed E-state index contributed by atoms with van der Waals surface area (Å²) in [5.74, 6) is 1.59. The number of amides is 1. The van der Waals surface area contributed by atoms with E-state index >= 15 is 0 Å². The third-order valence-electron chi connectivity index (χ3n) is 7.49. The lowest BCUT2D eigenvalue weighted by Crippen LogP contribution is -2.51. The summed E-state index contributed by atoms with van der Waals surface area (Å²) >= 11 is 0. The van der Waals surface area contributed by atoms with E-state index in [4.69, 9.17) is 0 Å². The average molecular weight is 335 g/mol. The number of aliphatic hydroxyl groups is 1. The molecule has 0 aromatic heterocycles. The lowest BCUT2D eigenvalue weighted by Gasteiger charge is -2.52. The molecule has 2 saturated heterocycles. The number of piperidine rings is 2. The van der Waals surface area contributed by atoms with Crippen molar-refractivity contribution in [2.45, 2.75) is 58.3 Å². The molecule has 0 bridgehead atoms. The molecule has 4 nitrogen and oxygen atoms in total. The maximum absolute atomic E-state index is 12.9. The molecule has 2 saturated carbocycles. The second-order valence-electron chi connectivity index (χ2n) is 9.55. The van der Waals surface area contributed by atoms with Crippen LogP contribution < -0.4 is 0 Å². The Labute approximate surface area is 146 Å². The minimum absolute atomic E-state index is 0.206. The molecule has 4 heteroatoms. The van der Waals surface area contributed by atoms with Gasteiger partial charge >= 0.3 is 0 Å². The summed E-state index contributed by atoms with van der Waals surface area (Å²) < 4.78 is 0. The molecular weight excluding hydrogens is 300 g/mol. The van der Waals surface area contributed by atoms with Crippen LogP contribution in [0.2, 0.25) is 0 Å². The van der Waals surface area contributed by atoms with Crippen LogP contribution in [0.15, 0.2) is 0 Å². The number of likely N-dealkylation sites (tertiary alicyclic amines) is 2. The zero-order valence-corrected chi connectivity index (χ0v) is 15.3. The van der Waals surface area contributed by atoms with Gasteiger partial charge in [0.2, 0.25) is 5.91 Å². The maximum Gasteiger partial charge on any atom is 0.225 e. The Morgan fingerprint density at radius 3 is 2.17 bits per heavy atom. The Morgan fingerprint density at radius 2 is 1.67 bits per heavy atom. The monoisotopic (exact) mass is 334 g/mol. The van der Waals surface area contributed by atoms with E-state index in [0.29, 0.717) is 17.9 Å². The molecule has 2 aliphatic heterocycles. The van der Waals surface area contributed by atoms with Gasteiger partial charge < -0.3 is 14.9 Å². The molecular formula is C20H34N2O2. The molecule has 4 fully saturated rings. The molecule has 1 spiro atoms. The minimum Gasteiger partial charge on any atom is -0.396 e. The van der Waals surface area contributed by atoms with Crippen molar-refractivity contribution in [3.63, 3.8) is 0 Å². The molecule has 0 unspecified atom stereocenters. The molecule has 0 aromatic rings. The molecule has 4 aliphatic rings. The quantitative estimate of drug-likeness (QED) is 0.859. The first-order valence-corrected chi connectivity index (χ1v) is 10.2. The fourth-order valence-electron chi connectivity index (χ4n) is 5.64. The van der Waals surface area contributed by atoms with E-state index in [-0.39, 0.29) is 11.3 Å². The summed E-state index contributed by atoms with van der Waals surface area (Å²) in [5.41, 5.74) is 0.806. The number of hydrogen-bond acceptors (Lipinski definition) is 3. The highest BCUT2D eigenvalue weighted by Crippen LogP contribution is 2.52. The topological polar surface area (TPSA) is 43.8 Å². The zero-order valence-electron chi connectivity index (χ0n) is 15.3. The third-order valence-corrected chi connectivity index (χ3v) is 7.49. The zero-order chi connectivity index (χ0) is 16.8. The van der Waals surface area contributed by atoms with E-state index in [2.05, 4.69) is 16.7 Å². The van der Waals surface area contributed by atoms with Gasteiger partial charge in [0.25, 0.3) is 0 Å². The van der Waals surface area contributed by atoms with Crippen molar-refractivity contribution in [1.82, 2.24) is 9.80 Å². The second kappa shape index (κ2) is 6.28. The molecule has 24 heavy (non-hydrogen) atoms. The third kappa shape index (κ3) is 3.24. The maximum atomic E-state index is 12.9. The summed E-state index contributed by atoms with van der Waals surface area (Å²) in [4.78, 5) is 17.5. The van der Waals surface area contributed by atoms with Crippen molar-refractivity contribution in [2.75, 3.05) is 39.3 Å². The van der Waals surface area contributed by atoms with Gasteiger partial charge in [-0.1, -0.05) is 6.92 Å². The molecule has 136 valence electrons. The van der Waals surface area contributed by atoms with Crippen LogP contribution in [0.4, 0.5) is 0 Å². The van der Waals surface area contributed by atoms with Crippen LogP contribution in [0, 0.1) is 22.7 Å². The van der Waals surface area contributed by atoms with Crippen LogP contribution in [0.3, 0.4) is 0 Å². The van der Waals surface area contributed by atoms with Crippen molar-refractivity contribution in [1.29, 1.82) is 0 Å². The smallest absolute Gasteiger partial charge is 0.225 e. The van der Waals surface area contributed by atoms with E-state index in [1.807, 2.05) is 0 Å². The summed E-state index contributed by atoms with van der Waals surface area (Å²) in [6.45, 7) is 7.80. The highest BCUT2D eigenvalue weighted by atomic mass is 16.3. The lowest BCUT2D eigenvalue weighted by molar-refractivity contribution is -0.141. The normalized spacial score (nSPS) is 30.3. The van der Waals surface area contributed by atoms with Gasteiger partial charge in [-0.2, -0.15) is 0 Å². The van der Waals surface area contributed by atoms with Gasteiger partial charge in [0.15, 0.2) is 0 Å². The van der Waals surface area contributed by atoms with Gasteiger partial charge in [-0.05, 0) is 75.8 Å². The van der Waals surface area contributed by atoms with Gasteiger partial charge in [-0.15, -0.1) is 0 Å². The molecule has 0 radical (unpaired) electrons. The Bertz CT molecular complexity index is 464. The fourth-order valence-corrected chi connectivity index (χ4v) is 5.64. The highest BCUT2D eigenvalue weighted by molar-refractivity contribution is 5.79. The largest absolute Gasteiger partial charge is 0.396 e. The van der Waals surface area contributed by atoms with E-state index in [0.717, 1.165) is 51.5 Å². The Hall–Kier alpha value is -0.610. The Morgan fingerprint density at radius 1 is 1.04 bits per heavy atom. The van der Waals surface area contributed by atoms with Gasteiger partial charge in [0, 0.05) is 37.6 Å². The number of carbonyl (C=O) groups excluding carboxylic acids is 1. The van der Waals surface area contributed by atoms with Crippen LogP contribution in [0.25, 0.3) is 0 Å². The van der Waals surface area contributed by atoms with Crippen molar-refractivity contribution in [2.24, 2.45) is 22.7 Å². The predicted molar refractivity (Wildman–Crippen MR) is 94.6 cm³/mol. The summed E-state index contributed by atoms with van der Waals surface area (Å²) in [6.07, 6.45) is 9.63. The molecule has 2 heterocycles. The van der Waals surface area contributed by atoms with Crippen LogP contribution in [0.5, 0.6) is 0 Å². The number of hydrogen-bond donors (Lipinski definition) is 1. The second-order valence-corrected chi connectivity index (χ2v) is 9.55. The predicted octanol–water partition coefficient (Wildman–Crippen LogP) is 2.51. The number of rotatable bonds is 4. The molecule has 1 amide bonds. The molecule has 0 atom stereocenters. The number of nitrogens with zero attached hydrogens (tertiary/aromatic N) is 2. The van der Waals surface area contributed by atoms with E-state index in [9.17, 15) is 9.90 Å². The van der Waals surface area contributed by atoms with Crippen molar-refractivity contribution >= 4 is 5.91 Å². The Balaban J connectivity index is 1.22. The fraction of sp³-hybridized carbons (Fsp3) is 0.950. The first kappa shape index (κ1) is 16.8. The number of carbonyl (C=O) groups is 1. The van der Waals surface area contributed by atoms with E-state index < -0.39 is 0 Å². The van der Waals surface area contributed by atoms with Gasteiger partial charge in [-0.3, -0.25) is 4.79 Å². The molecule has 2 aliphatic carbocycles. The van der Waals surface area contributed by atoms with Gasteiger partial charge in [0.1, 0.15) is 0 Å². The highest BCUT2D eigenvalue weighted by Gasteiger charge is 2.46. The van der Waals surface area contributed by atoms with Gasteiger partial charge in [-0.25, -0.2) is 0 Å². The minimum atomic E-state index is 0.206. The SMILES string of the molecule is CC1CC2(CCN(C(=O)C3CCN(CC4(CO)CC4)CC3)CC2)C1. The molecule has 1 N–H and O–H groups in total. The average Bonchev–Trinajstić information content (AvgIpc) is 3.35. The van der Waals surface area contributed by atoms with Crippen molar-refractivity contribution < 1.29 is 9.90 Å². The summed E-state index contributed by atoms with van der Waals surface area (Å²) in [5, 5.41) is 9.49. The first-order chi connectivity index (χ1) is 11.5. The van der Waals surface area contributed by atoms with E-state index in [1.165, 1.54) is 38.5 Å². The lowest BCUT2D eigenvalue weighted by atomic mass is 9.58. The van der Waals surface area contributed by atoms with Crippen LogP contribution in [-0.2, 0) is 4.79 Å². The summed E-state index contributed by atoms with van der Waals surface area (Å²) in [6, 6.07) is 0. The van der Waals surface area contributed by atoms with Crippen molar-refractivity contribution in [3.8, 4) is 0 Å². The summed E-state index contributed by atoms with van der Waals surface area (Å²) in [7, 11) is 0.